The van der Waals surface area contributed by atoms with Gasteiger partial charge in [-0.3, -0.25) is 0 Å². The van der Waals surface area contributed by atoms with Gasteiger partial charge < -0.3 is 15.6 Å². The molecule has 0 aromatic heterocycles. The number of phenolic OH excluding ortho intramolecular Hbond substituents is 1. The molecule has 1 aromatic carbocycles. The number of phenols is 1. The Kier molecular flexibility index (Phi) is 2.35. The van der Waals surface area contributed by atoms with Gasteiger partial charge in [-0.2, -0.15) is 0 Å². The average molecular weight is 207 g/mol. The summed E-state index contributed by atoms with van der Waals surface area (Å²) in [5.74, 6) is 0.723. The van der Waals surface area contributed by atoms with Gasteiger partial charge in [0.15, 0.2) is 11.5 Å². The van der Waals surface area contributed by atoms with E-state index >= 15 is 0 Å². The van der Waals surface area contributed by atoms with E-state index in [1.807, 2.05) is 13.0 Å². The lowest BCUT2D eigenvalue weighted by Gasteiger charge is -2.13. The van der Waals surface area contributed by atoms with Crippen molar-refractivity contribution in [1.29, 1.82) is 0 Å². The van der Waals surface area contributed by atoms with Gasteiger partial charge in [0.2, 0.25) is 0 Å². The molecule has 0 spiro atoms. The second kappa shape index (κ2) is 3.42. The quantitative estimate of drug-likeness (QED) is 0.793. The SMILES string of the molecule is COc1cc(CC2(N)CC2)c(C)cc1O. The number of aromatic hydroxyl groups is 1. The zero-order valence-electron chi connectivity index (χ0n) is 9.21. The van der Waals surface area contributed by atoms with Crippen molar-refractivity contribution in [3.05, 3.63) is 23.3 Å². The first-order chi connectivity index (χ1) is 7.04. The third kappa shape index (κ3) is 2.07. The Bertz CT molecular complexity index is 383. The summed E-state index contributed by atoms with van der Waals surface area (Å²) in [5.41, 5.74) is 8.31. The van der Waals surface area contributed by atoms with Gasteiger partial charge in [-0.15, -0.1) is 0 Å². The topological polar surface area (TPSA) is 55.5 Å². The van der Waals surface area contributed by atoms with Crippen LogP contribution in [0.1, 0.15) is 24.0 Å². The predicted molar refractivity (Wildman–Crippen MR) is 59.3 cm³/mol. The molecule has 0 atom stereocenters. The van der Waals surface area contributed by atoms with Crippen LogP contribution in [-0.2, 0) is 6.42 Å². The van der Waals surface area contributed by atoms with Crippen molar-refractivity contribution in [2.24, 2.45) is 5.73 Å². The first-order valence-corrected chi connectivity index (χ1v) is 5.19. The van der Waals surface area contributed by atoms with Crippen LogP contribution < -0.4 is 10.5 Å². The van der Waals surface area contributed by atoms with Crippen LogP contribution in [0.5, 0.6) is 11.5 Å². The molecule has 1 aliphatic rings. The number of methoxy groups -OCH3 is 1. The van der Waals surface area contributed by atoms with E-state index in [0.717, 1.165) is 24.8 Å². The van der Waals surface area contributed by atoms with Crippen LogP contribution in [0, 0.1) is 6.92 Å². The van der Waals surface area contributed by atoms with Gasteiger partial charge in [0.05, 0.1) is 7.11 Å². The molecule has 3 heteroatoms. The molecule has 1 aromatic rings. The van der Waals surface area contributed by atoms with Crippen molar-refractivity contribution in [3.8, 4) is 11.5 Å². The Morgan fingerprint density at radius 2 is 2.13 bits per heavy atom. The normalized spacial score (nSPS) is 17.5. The van der Waals surface area contributed by atoms with Gasteiger partial charge in [-0.1, -0.05) is 0 Å². The first kappa shape index (κ1) is 10.3. The second-order valence-corrected chi connectivity index (χ2v) is 4.49. The third-order valence-corrected chi connectivity index (χ3v) is 3.07. The Morgan fingerprint density at radius 1 is 1.47 bits per heavy atom. The van der Waals surface area contributed by atoms with Gasteiger partial charge in [0.1, 0.15) is 0 Å². The van der Waals surface area contributed by atoms with Crippen molar-refractivity contribution in [2.75, 3.05) is 7.11 Å². The third-order valence-electron chi connectivity index (χ3n) is 3.07. The van der Waals surface area contributed by atoms with Crippen molar-refractivity contribution in [1.82, 2.24) is 0 Å². The molecule has 1 aliphatic carbocycles. The molecule has 15 heavy (non-hydrogen) atoms. The van der Waals surface area contributed by atoms with Crippen molar-refractivity contribution < 1.29 is 9.84 Å². The molecule has 0 saturated heterocycles. The highest BCUT2D eigenvalue weighted by molar-refractivity contribution is 5.46. The summed E-state index contributed by atoms with van der Waals surface area (Å²) >= 11 is 0. The summed E-state index contributed by atoms with van der Waals surface area (Å²) in [6.07, 6.45) is 3.06. The molecule has 2 rings (SSSR count). The number of hydrogen-bond donors (Lipinski definition) is 2. The van der Waals surface area contributed by atoms with Gasteiger partial charge >= 0.3 is 0 Å². The highest BCUT2D eigenvalue weighted by Crippen LogP contribution is 2.38. The van der Waals surface area contributed by atoms with Crippen molar-refractivity contribution >= 4 is 0 Å². The Labute approximate surface area is 89.9 Å². The van der Waals surface area contributed by atoms with E-state index in [0.29, 0.717) is 5.75 Å². The molecule has 0 aliphatic heterocycles. The molecule has 82 valence electrons. The molecule has 3 N–H and O–H groups in total. The standard InChI is InChI=1S/C12H17NO2/c1-8-5-10(14)11(15-2)6-9(8)7-12(13)3-4-12/h5-6,14H,3-4,7,13H2,1-2H3. The van der Waals surface area contributed by atoms with E-state index in [4.69, 9.17) is 10.5 Å². The summed E-state index contributed by atoms with van der Waals surface area (Å²) < 4.78 is 5.08. The van der Waals surface area contributed by atoms with Crippen LogP contribution in [-0.4, -0.2) is 17.8 Å². The summed E-state index contributed by atoms with van der Waals surface area (Å²) in [6.45, 7) is 1.99. The van der Waals surface area contributed by atoms with Crippen molar-refractivity contribution in [2.45, 2.75) is 31.7 Å². The Hall–Kier alpha value is -1.22. The number of rotatable bonds is 3. The maximum Gasteiger partial charge on any atom is 0.160 e. The van der Waals surface area contributed by atoms with Crippen LogP contribution >= 0.6 is 0 Å². The minimum absolute atomic E-state index is 0.00720. The Balaban J connectivity index is 2.29. The fourth-order valence-electron chi connectivity index (χ4n) is 1.79. The fourth-order valence-corrected chi connectivity index (χ4v) is 1.79. The molecule has 0 unspecified atom stereocenters. The van der Waals surface area contributed by atoms with Gasteiger partial charge in [0.25, 0.3) is 0 Å². The monoisotopic (exact) mass is 207 g/mol. The van der Waals surface area contributed by atoms with Gasteiger partial charge in [-0.05, 0) is 49.4 Å². The molecule has 1 fully saturated rings. The highest BCUT2D eigenvalue weighted by atomic mass is 16.5. The second-order valence-electron chi connectivity index (χ2n) is 4.49. The molecule has 1 saturated carbocycles. The summed E-state index contributed by atoms with van der Waals surface area (Å²) in [5, 5.41) is 9.57. The zero-order chi connectivity index (χ0) is 11.1. The molecule has 0 radical (unpaired) electrons. The fraction of sp³-hybridized carbons (Fsp3) is 0.500. The average Bonchev–Trinajstić information content (AvgIpc) is 2.89. The summed E-state index contributed by atoms with van der Waals surface area (Å²) in [6, 6.07) is 3.62. The number of hydrogen-bond acceptors (Lipinski definition) is 3. The van der Waals surface area contributed by atoms with Crippen LogP contribution in [0.3, 0.4) is 0 Å². The Morgan fingerprint density at radius 3 is 2.67 bits per heavy atom. The van der Waals surface area contributed by atoms with Gasteiger partial charge in [-0.25, -0.2) is 0 Å². The van der Waals surface area contributed by atoms with E-state index < -0.39 is 0 Å². The highest BCUT2D eigenvalue weighted by Gasteiger charge is 2.38. The number of benzene rings is 1. The van der Waals surface area contributed by atoms with Crippen LogP contribution in [0.4, 0.5) is 0 Å². The molecule has 0 heterocycles. The molecular formula is C12H17NO2. The molecular weight excluding hydrogens is 190 g/mol. The number of nitrogens with two attached hydrogens (primary N) is 1. The van der Waals surface area contributed by atoms with E-state index in [-0.39, 0.29) is 11.3 Å². The molecule has 0 amide bonds. The summed E-state index contributed by atoms with van der Waals surface area (Å²) in [7, 11) is 1.56. The van der Waals surface area contributed by atoms with E-state index in [9.17, 15) is 5.11 Å². The molecule has 3 nitrogen and oxygen atoms in total. The predicted octanol–water partition coefficient (Wildman–Crippen LogP) is 1.74. The van der Waals surface area contributed by atoms with E-state index in [1.54, 1.807) is 13.2 Å². The van der Waals surface area contributed by atoms with Gasteiger partial charge in [0, 0.05) is 5.54 Å². The van der Waals surface area contributed by atoms with E-state index in [2.05, 4.69) is 0 Å². The van der Waals surface area contributed by atoms with Crippen LogP contribution in [0.2, 0.25) is 0 Å². The lowest BCUT2D eigenvalue weighted by molar-refractivity contribution is 0.372. The first-order valence-electron chi connectivity index (χ1n) is 5.19. The number of aryl methyl sites for hydroxylation is 1. The largest absolute Gasteiger partial charge is 0.504 e. The zero-order valence-corrected chi connectivity index (χ0v) is 9.21. The maximum absolute atomic E-state index is 9.57. The van der Waals surface area contributed by atoms with Crippen LogP contribution in [0.15, 0.2) is 12.1 Å². The lowest BCUT2D eigenvalue weighted by atomic mass is 9.99. The van der Waals surface area contributed by atoms with Crippen LogP contribution in [0.25, 0.3) is 0 Å². The minimum atomic E-state index is -0.00720. The lowest BCUT2D eigenvalue weighted by Crippen LogP contribution is -2.24. The number of ether oxygens (including phenoxy) is 1. The van der Waals surface area contributed by atoms with Crippen molar-refractivity contribution in [3.63, 3.8) is 0 Å². The smallest absolute Gasteiger partial charge is 0.160 e. The molecule has 0 bridgehead atoms. The minimum Gasteiger partial charge on any atom is -0.504 e. The summed E-state index contributed by atoms with van der Waals surface area (Å²) in [4.78, 5) is 0. The maximum atomic E-state index is 9.57. The van der Waals surface area contributed by atoms with E-state index in [1.165, 1.54) is 5.56 Å².